The van der Waals surface area contributed by atoms with Gasteiger partial charge in [-0.15, -0.1) is 0 Å². The zero-order chi connectivity index (χ0) is 22.9. The third-order valence-electron chi connectivity index (χ3n) is 8.06. The predicted molar refractivity (Wildman–Crippen MR) is 110 cm³/mol. The van der Waals surface area contributed by atoms with Gasteiger partial charge in [0, 0.05) is 16.4 Å². The Morgan fingerprint density at radius 2 is 1.68 bits per heavy atom. The van der Waals surface area contributed by atoms with Crippen LogP contribution in [-0.4, -0.2) is 23.1 Å². The number of hydrogen-bond acceptors (Lipinski definition) is 2. The molecule has 0 spiro atoms. The summed E-state index contributed by atoms with van der Waals surface area (Å²) in [7, 11) is -6.00. The molecule has 2 aromatic rings. The summed E-state index contributed by atoms with van der Waals surface area (Å²) in [6.45, 7) is 14.5. The molecule has 31 heavy (non-hydrogen) atoms. The lowest BCUT2D eigenvalue weighted by atomic mass is 9.70. The van der Waals surface area contributed by atoms with Gasteiger partial charge in [0.15, 0.2) is 0 Å². The number of nitrogens with zero attached hydrogens (tertiary/aromatic N) is 3. The maximum atomic E-state index is 9.75. The van der Waals surface area contributed by atoms with E-state index < -0.39 is 7.25 Å². The third kappa shape index (κ3) is 3.49. The van der Waals surface area contributed by atoms with E-state index in [0.717, 1.165) is 5.82 Å². The minimum absolute atomic E-state index is 0.269. The number of fused-ring (bicyclic) bond motifs is 7. The first-order chi connectivity index (χ1) is 14.2. The van der Waals surface area contributed by atoms with Crippen LogP contribution >= 0.6 is 0 Å². The van der Waals surface area contributed by atoms with Crippen molar-refractivity contribution in [2.45, 2.75) is 73.1 Å². The van der Waals surface area contributed by atoms with Crippen molar-refractivity contribution in [1.29, 1.82) is 0 Å². The fourth-order valence-corrected chi connectivity index (χ4v) is 6.42. The topological polar surface area (TPSA) is 30.9 Å². The largest absolute Gasteiger partial charge is 0.673 e. The fraction of sp³-hybridized carbons (Fsp3) is 0.636. The molecule has 170 valence electrons. The van der Waals surface area contributed by atoms with Crippen molar-refractivity contribution >= 4 is 7.25 Å². The summed E-state index contributed by atoms with van der Waals surface area (Å²) in [6, 6.07) is 4.91. The summed E-state index contributed by atoms with van der Waals surface area (Å²) in [4.78, 5) is 0. The number of halogens is 4. The summed E-state index contributed by atoms with van der Waals surface area (Å²) >= 11 is 0. The second kappa shape index (κ2) is 7.05. The zero-order valence-electron chi connectivity index (χ0n) is 18.9. The standard InChI is InChI=1S/C22H30N3O.BF4/c1-13-9-14(2)18(15(3)10-13)25-12-24-17(23-25)11-26-20-19(24)16-7-8-22(20,6)21(16,4)5;2-1(3,4)5/h9-10,12,16,19-20H,7-8,11H2,1-6H3;/q+1;-1/t16-,19+,20+,22-;/m1./s1. The van der Waals surface area contributed by atoms with Crippen molar-refractivity contribution < 1.29 is 26.6 Å². The van der Waals surface area contributed by atoms with Gasteiger partial charge < -0.3 is 22.0 Å². The summed E-state index contributed by atoms with van der Waals surface area (Å²) in [5, 5.41) is 4.94. The molecule has 2 aliphatic carbocycles. The normalized spacial score (nSPS) is 30.5. The summed E-state index contributed by atoms with van der Waals surface area (Å²) in [5.41, 5.74) is 5.66. The first kappa shape index (κ1) is 22.3. The molecule has 4 nitrogen and oxygen atoms in total. The highest BCUT2D eigenvalue weighted by atomic mass is 19.5. The van der Waals surface area contributed by atoms with E-state index in [1.165, 1.54) is 35.2 Å². The molecule has 0 N–H and O–H groups in total. The molecule has 1 aliphatic heterocycles. The van der Waals surface area contributed by atoms with Gasteiger partial charge in [-0.1, -0.05) is 43.1 Å². The average Bonchev–Trinajstić information content (AvgIpc) is 3.17. The van der Waals surface area contributed by atoms with Gasteiger partial charge >= 0.3 is 13.1 Å². The molecule has 1 aromatic heterocycles. The highest BCUT2D eigenvalue weighted by Crippen LogP contribution is 2.69. The van der Waals surface area contributed by atoms with E-state index in [0.29, 0.717) is 30.1 Å². The lowest BCUT2D eigenvalue weighted by Gasteiger charge is -2.40. The number of aryl methyl sites for hydroxylation is 3. The van der Waals surface area contributed by atoms with E-state index in [-0.39, 0.29) is 5.41 Å². The molecule has 3 aliphatic rings. The average molecular weight is 439 g/mol. The van der Waals surface area contributed by atoms with E-state index in [1.54, 1.807) is 0 Å². The maximum Gasteiger partial charge on any atom is 0.673 e. The van der Waals surface area contributed by atoms with Crippen LogP contribution < -0.4 is 4.57 Å². The minimum atomic E-state index is -6.00. The molecule has 2 saturated carbocycles. The van der Waals surface area contributed by atoms with E-state index in [2.05, 4.69) is 69.3 Å². The zero-order valence-corrected chi connectivity index (χ0v) is 18.9. The first-order valence-corrected chi connectivity index (χ1v) is 10.8. The van der Waals surface area contributed by atoms with Crippen LogP contribution in [0.5, 0.6) is 0 Å². The van der Waals surface area contributed by atoms with Gasteiger partial charge in [0.1, 0.15) is 18.3 Å². The molecular formula is C22H30BF4N3O. The van der Waals surface area contributed by atoms with Gasteiger partial charge in [0.25, 0.3) is 0 Å². The Hall–Kier alpha value is -1.90. The Balaban J connectivity index is 0.000000418. The van der Waals surface area contributed by atoms with Gasteiger partial charge in [-0.05, 0) is 50.2 Å². The fourth-order valence-electron chi connectivity index (χ4n) is 6.42. The number of hydrogen-bond donors (Lipinski definition) is 0. The van der Waals surface area contributed by atoms with Crippen molar-refractivity contribution in [2.75, 3.05) is 0 Å². The number of rotatable bonds is 1. The van der Waals surface area contributed by atoms with Gasteiger partial charge in [0.2, 0.25) is 6.33 Å². The van der Waals surface area contributed by atoms with Gasteiger partial charge in [-0.3, -0.25) is 0 Å². The minimum Gasteiger partial charge on any atom is -0.418 e. The molecular weight excluding hydrogens is 409 g/mol. The van der Waals surface area contributed by atoms with E-state index >= 15 is 0 Å². The molecule has 0 saturated heterocycles. The van der Waals surface area contributed by atoms with Crippen LogP contribution in [0.25, 0.3) is 5.69 Å². The smallest absolute Gasteiger partial charge is 0.418 e. The number of benzene rings is 1. The monoisotopic (exact) mass is 439 g/mol. The van der Waals surface area contributed by atoms with Crippen molar-refractivity contribution in [2.24, 2.45) is 16.7 Å². The van der Waals surface area contributed by atoms with E-state index in [4.69, 9.17) is 9.84 Å². The highest BCUT2D eigenvalue weighted by molar-refractivity contribution is 6.50. The van der Waals surface area contributed by atoms with Crippen molar-refractivity contribution in [1.82, 2.24) is 9.78 Å². The molecule has 0 unspecified atom stereocenters. The van der Waals surface area contributed by atoms with Crippen LogP contribution in [0.4, 0.5) is 17.3 Å². The van der Waals surface area contributed by atoms with Gasteiger partial charge in [-0.25, -0.2) is 4.57 Å². The molecule has 4 atom stereocenters. The van der Waals surface area contributed by atoms with Crippen LogP contribution in [0.2, 0.25) is 0 Å². The maximum absolute atomic E-state index is 9.75. The molecule has 2 fully saturated rings. The van der Waals surface area contributed by atoms with Gasteiger partial charge in [0.05, 0.1) is 6.10 Å². The van der Waals surface area contributed by atoms with Crippen LogP contribution in [0.15, 0.2) is 18.5 Å². The summed E-state index contributed by atoms with van der Waals surface area (Å²) in [6.07, 6.45) is 5.13. The molecule has 5 rings (SSSR count). The van der Waals surface area contributed by atoms with Crippen LogP contribution in [-0.2, 0) is 11.3 Å². The first-order valence-electron chi connectivity index (χ1n) is 10.8. The Labute approximate surface area is 180 Å². The van der Waals surface area contributed by atoms with Crippen LogP contribution in [0.1, 0.15) is 62.2 Å². The molecule has 0 radical (unpaired) electrons. The molecule has 0 amide bonds. The SMILES string of the molecule is Cc1cc(C)c(-n2c[n+]3c(n2)CO[C@H]2[C@@H]3[C@H]3CC[C@@]2(C)C3(C)C)c(C)c1.F[B-](F)(F)F. The molecule has 2 heterocycles. The van der Waals surface area contributed by atoms with Crippen molar-refractivity contribution in [3.05, 3.63) is 41.0 Å². The lowest BCUT2D eigenvalue weighted by Crippen LogP contribution is -2.56. The summed E-state index contributed by atoms with van der Waals surface area (Å²) in [5.74, 6) is 1.73. The summed E-state index contributed by atoms with van der Waals surface area (Å²) < 4.78 is 50.0. The van der Waals surface area contributed by atoms with E-state index in [9.17, 15) is 17.3 Å². The molecule has 9 heteroatoms. The predicted octanol–water partition coefficient (Wildman–Crippen LogP) is 5.28. The molecule has 2 bridgehead atoms. The Kier molecular flexibility index (Phi) is 5.07. The number of aromatic nitrogens is 3. The Morgan fingerprint density at radius 1 is 1.10 bits per heavy atom. The lowest BCUT2D eigenvalue weighted by molar-refractivity contribution is -0.756. The number of ether oxygens (including phenoxy) is 1. The van der Waals surface area contributed by atoms with Gasteiger partial charge in [-0.2, -0.15) is 0 Å². The van der Waals surface area contributed by atoms with Crippen LogP contribution in [0.3, 0.4) is 0 Å². The quantitative estimate of drug-likeness (QED) is 0.344. The second-order valence-electron chi connectivity index (χ2n) is 10.1. The van der Waals surface area contributed by atoms with Crippen LogP contribution in [0, 0.1) is 37.5 Å². The second-order valence-corrected chi connectivity index (χ2v) is 10.1. The van der Waals surface area contributed by atoms with Crippen molar-refractivity contribution in [3.63, 3.8) is 0 Å². The Morgan fingerprint density at radius 3 is 2.26 bits per heavy atom. The molecule has 1 aromatic carbocycles. The highest BCUT2D eigenvalue weighted by Gasteiger charge is 2.70. The van der Waals surface area contributed by atoms with Crippen molar-refractivity contribution in [3.8, 4) is 5.69 Å². The Bertz CT molecular complexity index is 990. The van der Waals surface area contributed by atoms with E-state index in [1.807, 2.05) is 0 Å². The third-order valence-corrected chi connectivity index (χ3v) is 8.06.